The van der Waals surface area contributed by atoms with Crippen molar-refractivity contribution in [3.8, 4) is 11.5 Å². The predicted octanol–water partition coefficient (Wildman–Crippen LogP) is 4.17. The number of hydrogen-bond donors (Lipinski definition) is 0. The molecule has 1 aliphatic heterocycles. The quantitative estimate of drug-likeness (QED) is 0.318. The van der Waals surface area contributed by atoms with Crippen LogP contribution in [0.4, 0.5) is 10.1 Å². The topological polar surface area (TPSA) is 72.9 Å². The van der Waals surface area contributed by atoms with Gasteiger partial charge in [0, 0.05) is 29.8 Å². The van der Waals surface area contributed by atoms with Gasteiger partial charge >= 0.3 is 5.97 Å². The molecule has 162 valence electrons. The van der Waals surface area contributed by atoms with Gasteiger partial charge in [-0.2, -0.15) is 0 Å². The molecule has 4 rings (SSSR count). The first-order valence-electron chi connectivity index (χ1n) is 10.1. The van der Waals surface area contributed by atoms with Crippen molar-refractivity contribution in [3.63, 3.8) is 0 Å². The fourth-order valence-electron chi connectivity index (χ4n) is 3.39. The number of benzene rings is 3. The van der Waals surface area contributed by atoms with Crippen LogP contribution in [0.3, 0.4) is 0 Å². The van der Waals surface area contributed by atoms with Gasteiger partial charge in [0.05, 0.1) is 0 Å². The van der Waals surface area contributed by atoms with E-state index in [4.69, 9.17) is 9.47 Å². The number of amides is 1. The maximum absolute atomic E-state index is 13.0. The van der Waals surface area contributed by atoms with Gasteiger partial charge in [0.2, 0.25) is 5.91 Å². The Bertz CT molecular complexity index is 1120. The van der Waals surface area contributed by atoms with Gasteiger partial charge in [-0.3, -0.25) is 9.59 Å². The molecule has 32 heavy (non-hydrogen) atoms. The average Bonchev–Trinajstić information content (AvgIpc) is 3.24. The van der Waals surface area contributed by atoms with Crippen molar-refractivity contribution in [2.75, 3.05) is 18.1 Å². The first kappa shape index (κ1) is 21.2. The highest BCUT2D eigenvalue weighted by Crippen LogP contribution is 2.24. The molecule has 0 saturated carbocycles. The largest absolute Gasteiger partial charge is 0.482 e. The fraction of sp³-hybridized carbons (Fsp3) is 0.160. The van der Waals surface area contributed by atoms with E-state index in [1.807, 2.05) is 0 Å². The van der Waals surface area contributed by atoms with E-state index in [0.717, 1.165) is 12.1 Å². The third kappa shape index (κ3) is 5.00. The first-order chi connectivity index (χ1) is 15.5. The van der Waals surface area contributed by atoms with Gasteiger partial charge < -0.3 is 14.4 Å². The van der Waals surface area contributed by atoms with E-state index >= 15 is 0 Å². The van der Waals surface area contributed by atoms with Crippen molar-refractivity contribution in [1.82, 2.24) is 0 Å². The summed E-state index contributed by atoms with van der Waals surface area (Å²) in [6.45, 7) is 0.415. The number of esters is 1. The van der Waals surface area contributed by atoms with Gasteiger partial charge in [-0.05, 0) is 79.2 Å². The molecule has 0 aromatic heterocycles. The van der Waals surface area contributed by atoms with Gasteiger partial charge in [-0.15, -0.1) is 0 Å². The van der Waals surface area contributed by atoms with Crippen LogP contribution in [-0.4, -0.2) is 30.8 Å². The molecular formula is C25H20FNO5. The van der Waals surface area contributed by atoms with Gasteiger partial charge in [0.25, 0.3) is 0 Å². The minimum atomic E-state index is -0.596. The van der Waals surface area contributed by atoms with E-state index in [1.54, 1.807) is 29.2 Å². The van der Waals surface area contributed by atoms with Gasteiger partial charge in [-0.25, -0.2) is 9.18 Å². The lowest BCUT2D eigenvalue weighted by Gasteiger charge is -2.16. The molecule has 1 fully saturated rings. The maximum atomic E-state index is 13.0. The zero-order valence-electron chi connectivity index (χ0n) is 17.1. The smallest absolute Gasteiger partial charge is 0.349 e. The third-order valence-corrected chi connectivity index (χ3v) is 5.03. The van der Waals surface area contributed by atoms with Crippen LogP contribution in [0.25, 0.3) is 0 Å². The number of rotatable bonds is 7. The molecular weight excluding hydrogens is 413 g/mol. The molecule has 1 aliphatic rings. The fourth-order valence-corrected chi connectivity index (χ4v) is 3.39. The second-order valence-electron chi connectivity index (χ2n) is 7.27. The summed E-state index contributed by atoms with van der Waals surface area (Å²) in [4.78, 5) is 38.0. The van der Waals surface area contributed by atoms with Crippen molar-refractivity contribution < 1.29 is 28.2 Å². The molecule has 1 saturated heterocycles. The second-order valence-corrected chi connectivity index (χ2v) is 7.27. The van der Waals surface area contributed by atoms with E-state index in [9.17, 15) is 18.8 Å². The number of hydrogen-bond acceptors (Lipinski definition) is 5. The molecule has 3 aromatic rings. The van der Waals surface area contributed by atoms with Gasteiger partial charge in [-0.1, -0.05) is 0 Å². The molecule has 0 unspecified atom stereocenters. The van der Waals surface area contributed by atoms with Crippen LogP contribution < -0.4 is 14.4 Å². The molecule has 3 aromatic carbocycles. The zero-order valence-corrected chi connectivity index (χ0v) is 17.1. The molecule has 1 heterocycles. The Kier molecular flexibility index (Phi) is 6.26. The highest BCUT2D eigenvalue weighted by Gasteiger charge is 2.21. The normalized spacial score (nSPS) is 13.2. The van der Waals surface area contributed by atoms with Crippen molar-refractivity contribution >= 4 is 23.3 Å². The lowest BCUT2D eigenvalue weighted by atomic mass is 10.0. The summed E-state index contributed by atoms with van der Waals surface area (Å²) < 4.78 is 23.7. The summed E-state index contributed by atoms with van der Waals surface area (Å²) >= 11 is 0. The van der Waals surface area contributed by atoms with Crippen LogP contribution in [0.1, 0.15) is 28.8 Å². The Morgan fingerprint density at radius 3 is 2.03 bits per heavy atom. The third-order valence-electron chi connectivity index (χ3n) is 5.03. The van der Waals surface area contributed by atoms with Crippen LogP contribution in [-0.2, 0) is 9.59 Å². The van der Waals surface area contributed by atoms with Crippen molar-refractivity contribution in [2.45, 2.75) is 12.8 Å². The number of anilines is 1. The number of halogens is 1. The Morgan fingerprint density at radius 1 is 0.844 bits per heavy atom. The Morgan fingerprint density at radius 2 is 1.44 bits per heavy atom. The second kappa shape index (κ2) is 9.43. The van der Waals surface area contributed by atoms with Crippen molar-refractivity contribution in [1.29, 1.82) is 0 Å². The number of carbonyl (C=O) groups is 3. The molecule has 0 atom stereocenters. The highest BCUT2D eigenvalue weighted by molar-refractivity contribution is 6.09. The molecule has 0 aliphatic carbocycles. The monoisotopic (exact) mass is 433 g/mol. The molecule has 7 heteroatoms. The average molecular weight is 433 g/mol. The van der Waals surface area contributed by atoms with E-state index in [0.29, 0.717) is 29.8 Å². The van der Waals surface area contributed by atoms with Gasteiger partial charge in [0.15, 0.2) is 12.4 Å². The summed E-state index contributed by atoms with van der Waals surface area (Å²) in [5, 5.41) is 0. The summed E-state index contributed by atoms with van der Waals surface area (Å²) in [6, 6.07) is 18.3. The lowest BCUT2D eigenvalue weighted by Crippen LogP contribution is -2.23. The van der Waals surface area contributed by atoms with E-state index in [1.165, 1.54) is 48.5 Å². The summed E-state index contributed by atoms with van der Waals surface area (Å²) in [6.07, 6.45) is 1.41. The van der Waals surface area contributed by atoms with Crippen LogP contribution in [0.2, 0.25) is 0 Å². The summed E-state index contributed by atoms with van der Waals surface area (Å²) in [5.41, 5.74) is 1.56. The van der Waals surface area contributed by atoms with Crippen LogP contribution in [0.15, 0.2) is 72.8 Å². The molecule has 0 radical (unpaired) electrons. The van der Waals surface area contributed by atoms with Crippen LogP contribution >= 0.6 is 0 Å². The Hall–Kier alpha value is -4.00. The molecule has 0 bridgehead atoms. The molecule has 1 amide bonds. The molecule has 0 N–H and O–H groups in total. The SMILES string of the molecule is O=C(COc1ccc(N2CCCC2=O)cc1)Oc1ccc(C(=O)c2ccc(F)cc2)cc1. The predicted molar refractivity (Wildman–Crippen MR) is 115 cm³/mol. The minimum absolute atomic E-state index is 0.104. The van der Waals surface area contributed by atoms with Crippen LogP contribution in [0.5, 0.6) is 11.5 Å². The van der Waals surface area contributed by atoms with Crippen LogP contribution in [0, 0.1) is 5.82 Å². The zero-order chi connectivity index (χ0) is 22.5. The van der Waals surface area contributed by atoms with Gasteiger partial charge in [0.1, 0.15) is 17.3 Å². The van der Waals surface area contributed by atoms with Crippen molar-refractivity contribution in [2.24, 2.45) is 0 Å². The van der Waals surface area contributed by atoms with Crippen molar-refractivity contribution in [3.05, 3.63) is 89.7 Å². The Balaban J connectivity index is 1.29. The first-order valence-corrected chi connectivity index (χ1v) is 10.1. The number of nitrogens with zero attached hydrogens (tertiary/aromatic N) is 1. The van der Waals surface area contributed by atoms with E-state index in [-0.39, 0.29) is 24.0 Å². The Labute approximate surface area is 184 Å². The summed E-state index contributed by atoms with van der Waals surface area (Å²) in [7, 11) is 0. The number of ketones is 1. The molecule has 0 spiro atoms. The number of carbonyl (C=O) groups excluding carboxylic acids is 3. The molecule has 6 nitrogen and oxygen atoms in total. The van der Waals surface area contributed by atoms with E-state index in [2.05, 4.69) is 0 Å². The highest BCUT2D eigenvalue weighted by atomic mass is 19.1. The summed E-state index contributed by atoms with van der Waals surface area (Å²) in [5.74, 6) is -0.405. The standard InChI is InChI=1S/C25H20FNO5/c26-19-7-3-17(4-8-19)25(30)18-5-11-22(12-6-18)32-24(29)16-31-21-13-9-20(10-14-21)27-15-1-2-23(27)28/h3-14H,1-2,15-16H2. The minimum Gasteiger partial charge on any atom is -0.482 e. The maximum Gasteiger partial charge on any atom is 0.349 e. The lowest BCUT2D eigenvalue weighted by molar-refractivity contribution is -0.136. The number of ether oxygens (including phenoxy) is 2. The van der Waals surface area contributed by atoms with E-state index < -0.39 is 11.8 Å².